The Labute approximate surface area is 191 Å². The molecule has 3 rings (SSSR count). The molecule has 0 unspecified atom stereocenters. The van der Waals surface area contributed by atoms with E-state index >= 15 is 0 Å². The molecule has 0 aliphatic heterocycles. The van der Waals surface area contributed by atoms with Gasteiger partial charge in [-0.25, -0.2) is 13.1 Å². The standard InChI is InChI=1S/C20H22Cl2N4O2S2/c1-13(2)26-20(29-17-10-15(21)9-16(22)11-17)18(8-14-4-6-23-7-5-14)19(25-26)12-24-30(3,27)28/h4-7,9-11,13,24H,8,12H2,1-3H3. The highest BCUT2D eigenvalue weighted by atomic mass is 35.5. The van der Waals surface area contributed by atoms with E-state index in [9.17, 15) is 8.42 Å². The van der Waals surface area contributed by atoms with E-state index in [-0.39, 0.29) is 12.6 Å². The minimum absolute atomic E-state index is 0.0744. The highest BCUT2D eigenvalue weighted by Gasteiger charge is 2.22. The summed E-state index contributed by atoms with van der Waals surface area (Å²) in [5.41, 5.74) is 2.69. The van der Waals surface area contributed by atoms with Gasteiger partial charge in [0, 0.05) is 45.4 Å². The van der Waals surface area contributed by atoms with Crippen molar-refractivity contribution in [3.63, 3.8) is 0 Å². The third-order valence-electron chi connectivity index (χ3n) is 4.21. The van der Waals surface area contributed by atoms with E-state index in [1.165, 1.54) is 11.8 Å². The minimum Gasteiger partial charge on any atom is -0.265 e. The largest absolute Gasteiger partial charge is 0.265 e. The lowest BCUT2D eigenvalue weighted by atomic mass is 10.1. The summed E-state index contributed by atoms with van der Waals surface area (Å²) in [5.74, 6) is 0. The Morgan fingerprint density at radius 3 is 2.33 bits per heavy atom. The zero-order valence-corrected chi connectivity index (χ0v) is 19.9. The molecule has 6 nitrogen and oxygen atoms in total. The Kier molecular flexibility index (Phi) is 7.47. The van der Waals surface area contributed by atoms with Crippen molar-refractivity contribution in [3.05, 3.63) is 69.6 Å². The smallest absolute Gasteiger partial charge is 0.209 e. The summed E-state index contributed by atoms with van der Waals surface area (Å²) < 4.78 is 27.8. The van der Waals surface area contributed by atoms with Crippen LogP contribution in [-0.4, -0.2) is 29.4 Å². The minimum atomic E-state index is -3.36. The summed E-state index contributed by atoms with van der Waals surface area (Å²) in [5, 5.41) is 6.76. The van der Waals surface area contributed by atoms with E-state index in [0.717, 1.165) is 27.3 Å². The Bertz CT molecular complexity index is 1110. The molecule has 1 aromatic carbocycles. The van der Waals surface area contributed by atoms with Crippen LogP contribution in [0.1, 0.15) is 36.7 Å². The van der Waals surface area contributed by atoms with Crippen LogP contribution in [0.5, 0.6) is 0 Å². The van der Waals surface area contributed by atoms with Crippen LogP contribution in [0.15, 0.2) is 52.6 Å². The molecule has 2 heterocycles. The lowest BCUT2D eigenvalue weighted by molar-refractivity contribution is 0.486. The molecule has 1 N–H and O–H groups in total. The number of rotatable bonds is 8. The highest BCUT2D eigenvalue weighted by Crippen LogP contribution is 2.37. The molecule has 0 atom stereocenters. The van der Waals surface area contributed by atoms with Crippen LogP contribution in [0.4, 0.5) is 0 Å². The predicted octanol–water partition coefficient (Wildman–Crippen LogP) is 4.96. The third-order valence-corrected chi connectivity index (χ3v) is 6.42. The molecule has 0 aliphatic rings. The van der Waals surface area contributed by atoms with Crippen molar-refractivity contribution >= 4 is 45.0 Å². The number of nitrogens with zero attached hydrogens (tertiary/aromatic N) is 3. The summed E-state index contributed by atoms with van der Waals surface area (Å²) >= 11 is 13.9. The fraction of sp³-hybridized carbons (Fsp3) is 0.300. The van der Waals surface area contributed by atoms with Crippen molar-refractivity contribution in [1.29, 1.82) is 0 Å². The molecule has 10 heteroatoms. The van der Waals surface area contributed by atoms with Crippen LogP contribution in [0.2, 0.25) is 10.0 Å². The van der Waals surface area contributed by atoms with Crippen molar-refractivity contribution in [3.8, 4) is 0 Å². The van der Waals surface area contributed by atoms with Gasteiger partial charge in [0.25, 0.3) is 0 Å². The molecule has 0 radical (unpaired) electrons. The van der Waals surface area contributed by atoms with Gasteiger partial charge >= 0.3 is 0 Å². The highest BCUT2D eigenvalue weighted by molar-refractivity contribution is 7.99. The SMILES string of the molecule is CC(C)n1nc(CNS(C)(=O)=O)c(Cc2ccncc2)c1Sc1cc(Cl)cc(Cl)c1. The second-order valence-electron chi connectivity index (χ2n) is 7.10. The second kappa shape index (κ2) is 9.70. The lowest BCUT2D eigenvalue weighted by Gasteiger charge is -2.13. The maximum absolute atomic E-state index is 11.7. The molecule has 3 aromatic rings. The van der Waals surface area contributed by atoms with Crippen LogP contribution in [0, 0.1) is 0 Å². The van der Waals surface area contributed by atoms with Gasteiger partial charge in [-0.05, 0) is 49.7 Å². The van der Waals surface area contributed by atoms with Crippen LogP contribution in [0.3, 0.4) is 0 Å². The number of aromatic nitrogens is 3. The van der Waals surface area contributed by atoms with E-state index in [0.29, 0.717) is 22.2 Å². The van der Waals surface area contributed by atoms with Crippen molar-refractivity contribution in [1.82, 2.24) is 19.5 Å². The van der Waals surface area contributed by atoms with E-state index < -0.39 is 10.0 Å². The third kappa shape index (κ3) is 6.21. The fourth-order valence-corrected chi connectivity index (χ4v) is 5.19. The number of benzene rings is 1. The maximum atomic E-state index is 11.7. The number of hydrogen-bond acceptors (Lipinski definition) is 5. The molecular weight excluding hydrogens is 463 g/mol. The number of pyridine rings is 1. The molecule has 2 aromatic heterocycles. The first kappa shape index (κ1) is 23.1. The van der Waals surface area contributed by atoms with Gasteiger partial charge in [-0.15, -0.1) is 0 Å². The zero-order chi connectivity index (χ0) is 21.9. The zero-order valence-electron chi connectivity index (χ0n) is 16.8. The molecule has 0 fully saturated rings. The van der Waals surface area contributed by atoms with Crippen molar-refractivity contribution in [2.75, 3.05) is 6.26 Å². The monoisotopic (exact) mass is 484 g/mol. The van der Waals surface area contributed by atoms with Crippen LogP contribution < -0.4 is 4.72 Å². The molecule has 0 bridgehead atoms. The average Bonchev–Trinajstić information content (AvgIpc) is 2.97. The Morgan fingerprint density at radius 1 is 1.13 bits per heavy atom. The van der Waals surface area contributed by atoms with Crippen molar-refractivity contribution < 1.29 is 8.42 Å². The van der Waals surface area contributed by atoms with Gasteiger partial charge in [0.2, 0.25) is 10.0 Å². The summed E-state index contributed by atoms with van der Waals surface area (Å²) in [7, 11) is -3.36. The van der Waals surface area contributed by atoms with E-state index in [1.807, 2.05) is 42.8 Å². The number of halogens is 2. The van der Waals surface area contributed by atoms with E-state index in [1.54, 1.807) is 18.5 Å². The molecular formula is C20H22Cl2N4O2S2. The van der Waals surface area contributed by atoms with Gasteiger partial charge < -0.3 is 0 Å². The summed E-state index contributed by atoms with van der Waals surface area (Å²) in [4.78, 5) is 4.96. The van der Waals surface area contributed by atoms with Gasteiger partial charge in [-0.2, -0.15) is 5.10 Å². The number of nitrogens with one attached hydrogen (secondary N) is 1. The average molecular weight is 485 g/mol. The quantitative estimate of drug-likeness (QED) is 0.488. The Hall–Kier alpha value is -1.58. The van der Waals surface area contributed by atoms with Crippen LogP contribution in [-0.2, 0) is 23.0 Å². The van der Waals surface area contributed by atoms with Gasteiger partial charge in [-0.3, -0.25) is 9.67 Å². The van der Waals surface area contributed by atoms with Gasteiger partial charge in [-0.1, -0.05) is 35.0 Å². The molecule has 30 heavy (non-hydrogen) atoms. The molecule has 0 spiro atoms. The number of hydrogen-bond donors (Lipinski definition) is 1. The van der Waals surface area contributed by atoms with E-state index in [2.05, 4.69) is 9.71 Å². The predicted molar refractivity (Wildman–Crippen MR) is 122 cm³/mol. The first-order valence-corrected chi connectivity index (χ1v) is 12.7. The Balaban J connectivity index is 2.09. The summed E-state index contributed by atoms with van der Waals surface area (Å²) in [6.07, 6.45) is 5.20. The van der Waals surface area contributed by atoms with Gasteiger partial charge in [0.1, 0.15) is 5.03 Å². The first-order valence-electron chi connectivity index (χ1n) is 9.20. The van der Waals surface area contributed by atoms with Crippen molar-refractivity contribution in [2.45, 2.75) is 42.8 Å². The van der Waals surface area contributed by atoms with Crippen LogP contribution in [0.25, 0.3) is 0 Å². The maximum Gasteiger partial charge on any atom is 0.209 e. The molecule has 0 saturated carbocycles. The summed E-state index contributed by atoms with van der Waals surface area (Å²) in [6, 6.07) is 9.33. The molecule has 160 valence electrons. The molecule has 0 amide bonds. The summed E-state index contributed by atoms with van der Waals surface area (Å²) in [6.45, 7) is 4.18. The van der Waals surface area contributed by atoms with Crippen LogP contribution >= 0.6 is 35.0 Å². The number of sulfonamides is 1. The molecule has 0 aliphatic carbocycles. The normalized spacial score (nSPS) is 11.9. The van der Waals surface area contributed by atoms with Gasteiger partial charge in [0.05, 0.1) is 18.5 Å². The first-order chi connectivity index (χ1) is 14.1. The van der Waals surface area contributed by atoms with E-state index in [4.69, 9.17) is 28.3 Å². The fourth-order valence-electron chi connectivity index (χ4n) is 2.88. The second-order valence-corrected chi connectivity index (χ2v) is 10.9. The van der Waals surface area contributed by atoms with Crippen molar-refractivity contribution in [2.24, 2.45) is 0 Å². The lowest BCUT2D eigenvalue weighted by Crippen LogP contribution is -2.22. The van der Waals surface area contributed by atoms with Gasteiger partial charge in [0.15, 0.2) is 0 Å². The Morgan fingerprint density at radius 2 is 1.77 bits per heavy atom. The molecule has 0 saturated heterocycles. The topological polar surface area (TPSA) is 76.9 Å².